The lowest BCUT2D eigenvalue weighted by atomic mass is 10.2. The number of nitrogen functional groups attached to an aromatic ring is 1. The number of ether oxygens (including phenoxy) is 1. The van der Waals surface area contributed by atoms with E-state index < -0.39 is 5.82 Å². The summed E-state index contributed by atoms with van der Waals surface area (Å²) in [6, 6.07) is 13.1. The second-order valence-corrected chi connectivity index (χ2v) is 6.40. The highest BCUT2D eigenvalue weighted by Crippen LogP contribution is 2.25. The number of nitrogens with zero attached hydrogens (tertiary/aromatic N) is 3. The van der Waals surface area contributed by atoms with Gasteiger partial charge in [0.25, 0.3) is 0 Å². The lowest BCUT2D eigenvalue weighted by Gasteiger charge is -2.11. The van der Waals surface area contributed by atoms with Gasteiger partial charge in [-0.25, -0.2) is 9.07 Å². The summed E-state index contributed by atoms with van der Waals surface area (Å²) in [6.07, 6.45) is 0. The van der Waals surface area contributed by atoms with Crippen molar-refractivity contribution in [1.82, 2.24) is 14.9 Å². The van der Waals surface area contributed by atoms with Crippen LogP contribution in [0.4, 0.5) is 10.1 Å². The van der Waals surface area contributed by atoms with E-state index in [1.165, 1.54) is 16.8 Å². The Balaban J connectivity index is 1.65. The predicted octanol–water partition coefficient (Wildman–Crippen LogP) is 2.93. The third-order valence-corrected chi connectivity index (χ3v) is 4.48. The van der Waals surface area contributed by atoms with Gasteiger partial charge in [0, 0.05) is 5.56 Å². The number of thioether (sulfide) groups is 1. The summed E-state index contributed by atoms with van der Waals surface area (Å²) in [6.45, 7) is 2.37. The molecular weight excluding hydrogens is 369 g/mol. The number of amides is 1. The summed E-state index contributed by atoms with van der Waals surface area (Å²) in [5.74, 6) is 6.37. The molecule has 1 heterocycles. The van der Waals surface area contributed by atoms with Gasteiger partial charge >= 0.3 is 0 Å². The molecule has 0 spiro atoms. The first-order valence-electron chi connectivity index (χ1n) is 8.19. The summed E-state index contributed by atoms with van der Waals surface area (Å²) in [5, 5.41) is 11.1. The van der Waals surface area contributed by atoms with E-state index in [0.29, 0.717) is 34.6 Å². The van der Waals surface area contributed by atoms with E-state index in [1.54, 1.807) is 24.3 Å². The molecule has 3 N–H and O–H groups in total. The second-order valence-electron chi connectivity index (χ2n) is 5.45. The Labute approximate surface area is 159 Å². The van der Waals surface area contributed by atoms with Crippen molar-refractivity contribution in [2.45, 2.75) is 12.1 Å². The molecule has 9 heteroatoms. The van der Waals surface area contributed by atoms with Gasteiger partial charge < -0.3 is 15.9 Å². The minimum absolute atomic E-state index is 0.0823. The highest BCUT2D eigenvalue weighted by molar-refractivity contribution is 7.99. The first-order chi connectivity index (χ1) is 13.1. The van der Waals surface area contributed by atoms with Gasteiger partial charge in [-0.1, -0.05) is 36.0 Å². The van der Waals surface area contributed by atoms with Crippen LogP contribution < -0.4 is 15.9 Å². The molecule has 3 aromatic rings. The van der Waals surface area contributed by atoms with Crippen LogP contribution in [0.3, 0.4) is 0 Å². The molecule has 1 amide bonds. The third kappa shape index (κ3) is 4.56. The average Bonchev–Trinajstić information content (AvgIpc) is 3.02. The molecule has 2 aromatic carbocycles. The van der Waals surface area contributed by atoms with Crippen molar-refractivity contribution in [1.29, 1.82) is 0 Å². The van der Waals surface area contributed by atoms with Crippen LogP contribution in [0.1, 0.15) is 6.92 Å². The number of anilines is 1. The van der Waals surface area contributed by atoms with Crippen molar-refractivity contribution in [2.24, 2.45) is 0 Å². The van der Waals surface area contributed by atoms with Gasteiger partial charge in [-0.2, -0.15) is 0 Å². The summed E-state index contributed by atoms with van der Waals surface area (Å²) in [4.78, 5) is 12.2. The number of aromatic nitrogens is 3. The molecule has 0 saturated carbocycles. The number of nitrogens with one attached hydrogen (secondary N) is 1. The third-order valence-electron chi connectivity index (χ3n) is 3.54. The molecule has 0 saturated heterocycles. The SMILES string of the molecule is CCOc1ccccc1NC(=O)CSc1nnc(-c2cccc(F)c2)n1N. The van der Waals surface area contributed by atoms with Gasteiger partial charge in [0.15, 0.2) is 5.82 Å². The van der Waals surface area contributed by atoms with Crippen LogP contribution in [0.15, 0.2) is 53.7 Å². The van der Waals surface area contributed by atoms with Crippen molar-refractivity contribution in [3.05, 3.63) is 54.3 Å². The topological polar surface area (TPSA) is 95.1 Å². The van der Waals surface area contributed by atoms with Gasteiger partial charge in [-0.3, -0.25) is 4.79 Å². The van der Waals surface area contributed by atoms with Gasteiger partial charge in [0.2, 0.25) is 11.1 Å². The molecule has 0 aliphatic carbocycles. The summed E-state index contributed by atoms with van der Waals surface area (Å²) < 4.78 is 20.1. The number of hydrogen-bond donors (Lipinski definition) is 2. The van der Waals surface area contributed by atoms with Crippen LogP contribution in [0, 0.1) is 5.82 Å². The maximum atomic E-state index is 13.4. The standard InChI is InChI=1S/C18H18FN5O2S/c1-2-26-15-9-4-3-8-14(15)21-16(25)11-27-18-23-22-17(24(18)20)12-6-5-7-13(19)10-12/h3-10H,2,11,20H2,1H3,(H,21,25). The van der Waals surface area contributed by atoms with Crippen molar-refractivity contribution in [3.63, 3.8) is 0 Å². The number of carbonyl (C=O) groups is 1. The number of rotatable bonds is 7. The van der Waals surface area contributed by atoms with Gasteiger partial charge in [0.1, 0.15) is 11.6 Å². The normalized spacial score (nSPS) is 10.6. The fourth-order valence-corrected chi connectivity index (χ4v) is 3.02. The molecule has 1 aromatic heterocycles. The van der Waals surface area contributed by atoms with Crippen LogP contribution in [0.25, 0.3) is 11.4 Å². The lowest BCUT2D eigenvalue weighted by Crippen LogP contribution is -2.17. The molecule has 0 bridgehead atoms. The Bertz CT molecular complexity index is 947. The van der Waals surface area contributed by atoms with Crippen molar-refractivity contribution in [3.8, 4) is 17.1 Å². The fraction of sp³-hybridized carbons (Fsp3) is 0.167. The van der Waals surface area contributed by atoms with E-state index in [4.69, 9.17) is 10.6 Å². The van der Waals surface area contributed by atoms with E-state index >= 15 is 0 Å². The largest absolute Gasteiger partial charge is 0.492 e. The van der Waals surface area contributed by atoms with Crippen LogP contribution in [-0.2, 0) is 4.79 Å². The number of nitrogens with two attached hydrogens (primary N) is 1. The van der Waals surface area contributed by atoms with Gasteiger partial charge in [0.05, 0.1) is 18.0 Å². The Kier molecular flexibility index (Phi) is 5.92. The molecule has 3 rings (SSSR count). The summed E-state index contributed by atoms with van der Waals surface area (Å²) in [5.41, 5.74) is 1.10. The summed E-state index contributed by atoms with van der Waals surface area (Å²) in [7, 11) is 0. The van der Waals surface area contributed by atoms with E-state index in [2.05, 4.69) is 15.5 Å². The molecule has 0 aliphatic rings. The molecule has 7 nitrogen and oxygen atoms in total. The molecule has 27 heavy (non-hydrogen) atoms. The van der Waals surface area contributed by atoms with Crippen LogP contribution in [0.2, 0.25) is 0 Å². The van der Waals surface area contributed by atoms with E-state index in [1.807, 2.05) is 19.1 Å². The average molecular weight is 387 g/mol. The zero-order valence-electron chi connectivity index (χ0n) is 14.6. The smallest absolute Gasteiger partial charge is 0.234 e. The highest BCUT2D eigenvalue weighted by atomic mass is 32.2. The molecule has 140 valence electrons. The van der Waals surface area contributed by atoms with E-state index in [9.17, 15) is 9.18 Å². The van der Waals surface area contributed by atoms with Crippen molar-refractivity contribution in [2.75, 3.05) is 23.5 Å². The molecule has 0 aliphatic heterocycles. The molecular formula is C18H18FN5O2S. The number of halogens is 1. The van der Waals surface area contributed by atoms with Crippen molar-refractivity contribution >= 4 is 23.4 Å². The molecule has 0 radical (unpaired) electrons. The van der Waals surface area contributed by atoms with Crippen LogP contribution in [0.5, 0.6) is 5.75 Å². The zero-order chi connectivity index (χ0) is 19.2. The Morgan fingerprint density at radius 1 is 1.26 bits per heavy atom. The monoisotopic (exact) mass is 387 g/mol. The fourth-order valence-electron chi connectivity index (χ4n) is 2.37. The number of carbonyl (C=O) groups excluding carboxylic acids is 1. The predicted molar refractivity (Wildman–Crippen MR) is 103 cm³/mol. The number of hydrogen-bond acceptors (Lipinski definition) is 6. The van der Waals surface area contributed by atoms with Gasteiger partial charge in [-0.05, 0) is 31.2 Å². The van der Waals surface area contributed by atoms with Crippen molar-refractivity contribution < 1.29 is 13.9 Å². The van der Waals surface area contributed by atoms with Crippen LogP contribution in [-0.4, -0.2) is 33.1 Å². The molecule has 0 fully saturated rings. The van der Waals surface area contributed by atoms with E-state index in [0.717, 1.165) is 11.8 Å². The first kappa shape index (κ1) is 18.7. The quantitative estimate of drug-likeness (QED) is 0.478. The van der Waals surface area contributed by atoms with Gasteiger partial charge in [-0.15, -0.1) is 10.2 Å². The lowest BCUT2D eigenvalue weighted by molar-refractivity contribution is -0.113. The Morgan fingerprint density at radius 2 is 2.07 bits per heavy atom. The Morgan fingerprint density at radius 3 is 2.85 bits per heavy atom. The number of benzene rings is 2. The molecule has 0 atom stereocenters. The maximum absolute atomic E-state index is 13.4. The maximum Gasteiger partial charge on any atom is 0.234 e. The Hall–Kier alpha value is -3.07. The minimum atomic E-state index is -0.392. The second kappa shape index (κ2) is 8.54. The number of para-hydroxylation sites is 2. The zero-order valence-corrected chi connectivity index (χ0v) is 15.4. The molecule has 0 unspecified atom stereocenters. The van der Waals surface area contributed by atoms with E-state index in [-0.39, 0.29) is 11.7 Å². The minimum Gasteiger partial charge on any atom is -0.492 e. The van der Waals surface area contributed by atoms with Crippen LogP contribution >= 0.6 is 11.8 Å². The first-order valence-corrected chi connectivity index (χ1v) is 9.18. The highest BCUT2D eigenvalue weighted by Gasteiger charge is 2.15. The summed E-state index contributed by atoms with van der Waals surface area (Å²) >= 11 is 1.13.